The number of nitrogens with one attached hydrogen (secondary N) is 3. The van der Waals surface area contributed by atoms with E-state index in [9.17, 15) is 4.79 Å². The van der Waals surface area contributed by atoms with Gasteiger partial charge in [0.1, 0.15) is 11.4 Å². The van der Waals surface area contributed by atoms with Crippen molar-refractivity contribution in [3.05, 3.63) is 52.1 Å². The van der Waals surface area contributed by atoms with Gasteiger partial charge in [0.15, 0.2) is 0 Å². The highest BCUT2D eigenvalue weighted by Crippen LogP contribution is 2.28. The van der Waals surface area contributed by atoms with Crippen molar-refractivity contribution >= 4 is 21.8 Å². The number of aromatic nitrogens is 2. The number of hydrogen-bond acceptors (Lipinski definition) is 3. The Morgan fingerprint density at radius 1 is 1.32 bits per heavy atom. The van der Waals surface area contributed by atoms with Gasteiger partial charge in [0.25, 0.3) is 5.91 Å². The zero-order chi connectivity index (χ0) is 15.4. The molecule has 1 aliphatic rings. The summed E-state index contributed by atoms with van der Waals surface area (Å²) in [6.07, 6.45) is 3.10. The molecule has 2 heterocycles. The van der Waals surface area contributed by atoms with Gasteiger partial charge in [-0.25, -0.2) is 0 Å². The topological polar surface area (TPSA) is 69.8 Å². The normalized spacial score (nSPS) is 14.5. The maximum Gasteiger partial charge on any atom is 0.270 e. The Hall–Kier alpha value is -1.92. The van der Waals surface area contributed by atoms with E-state index in [1.54, 1.807) is 0 Å². The van der Waals surface area contributed by atoms with Crippen LogP contribution in [0.3, 0.4) is 0 Å². The average Bonchev–Trinajstić information content (AvgIpc) is 2.96. The molecule has 1 amide bonds. The van der Waals surface area contributed by atoms with Crippen molar-refractivity contribution in [1.29, 1.82) is 0 Å². The largest absolute Gasteiger partial charge is 0.347 e. The number of benzene rings is 1. The molecule has 3 N–H and O–H groups in total. The molecular formula is C16H17BrN4O. The zero-order valence-corrected chi connectivity index (χ0v) is 13.6. The number of rotatable bonds is 4. The summed E-state index contributed by atoms with van der Waals surface area (Å²) >= 11 is 3.48. The molecule has 0 unspecified atom stereocenters. The number of hydrogen-bond donors (Lipinski definition) is 3. The van der Waals surface area contributed by atoms with Gasteiger partial charge >= 0.3 is 0 Å². The maximum atomic E-state index is 12.3. The van der Waals surface area contributed by atoms with Crippen LogP contribution in [0.15, 0.2) is 46.5 Å². The van der Waals surface area contributed by atoms with E-state index in [4.69, 9.17) is 0 Å². The van der Waals surface area contributed by atoms with E-state index in [0.717, 1.165) is 30.8 Å². The molecule has 114 valence electrons. The van der Waals surface area contributed by atoms with Crippen LogP contribution >= 0.6 is 15.9 Å². The van der Waals surface area contributed by atoms with Gasteiger partial charge in [-0.05, 0) is 28.9 Å². The highest BCUT2D eigenvalue weighted by Gasteiger charge is 2.18. The van der Waals surface area contributed by atoms with Crippen LogP contribution in [0.2, 0.25) is 0 Å². The first-order valence-corrected chi connectivity index (χ1v) is 8.01. The molecule has 0 bridgehead atoms. The Morgan fingerprint density at radius 2 is 2.14 bits per heavy atom. The van der Waals surface area contributed by atoms with Crippen molar-refractivity contribution in [3.63, 3.8) is 0 Å². The van der Waals surface area contributed by atoms with E-state index < -0.39 is 0 Å². The lowest BCUT2D eigenvalue weighted by atomic mass is 10.1. The molecule has 0 saturated heterocycles. The smallest absolute Gasteiger partial charge is 0.270 e. The fourth-order valence-corrected chi connectivity index (χ4v) is 2.96. The highest BCUT2D eigenvalue weighted by molar-refractivity contribution is 9.10. The Balaban J connectivity index is 1.71. The quantitative estimate of drug-likeness (QED) is 0.733. The molecule has 1 aromatic carbocycles. The number of carbonyl (C=O) groups excluding carboxylic acids is 1. The third-order valence-electron chi connectivity index (χ3n) is 3.62. The molecule has 3 rings (SSSR count). The molecule has 0 fully saturated rings. The van der Waals surface area contributed by atoms with Gasteiger partial charge in [-0.2, -0.15) is 5.10 Å². The standard InChI is InChI=1S/C16H17BrN4O/c17-13-14(12-4-2-1-3-5-12)20-21-15(13)16(22)19-10-11-6-8-18-9-7-11/h1-6,18H,7-10H2,(H,19,22)(H,20,21). The molecule has 22 heavy (non-hydrogen) atoms. The van der Waals surface area contributed by atoms with Crippen molar-refractivity contribution in [1.82, 2.24) is 20.8 Å². The zero-order valence-electron chi connectivity index (χ0n) is 12.0. The van der Waals surface area contributed by atoms with Gasteiger partial charge in [0, 0.05) is 18.7 Å². The van der Waals surface area contributed by atoms with Gasteiger partial charge in [-0.15, -0.1) is 0 Å². The van der Waals surface area contributed by atoms with Crippen LogP contribution in [0.25, 0.3) is 11.3 Å². The first-order chi connectivity index (χ1) is 10.8. The SMILES string of the molecule is O=C(NCC1=CCNCC1)c1[nH]nc(-c2ccccc2)c1Br. The van der Waals surface area contributed by atoms with Crippen LogP contribution in [0.1, 0.15) is 16.9 Å². The van der Waals surface area contributed by atoms with Crippen molar-refractivity contribution < 1.29 is 4.79 Å². The minimum Gasteiger partial charge on any atom is -0.347 e. The summed E-state index contributed by atoms with van der Waals surface area (Å²) in [5.74, 6) is -0.152. The van der Waals surface area contributed by atoms with Crippen molar-refractivity contribution in [3.8, 4) is 11.3 Å². The summed E-state index contributed by atoms with van der Waals surface area (Å²) in [4.78, 5) is 12.3. The Kier molecular flexibility index (Phi) is 4.70. The summed E-state index contributed by atoms with van der Waals surface area (Å²) < 4.78 is 0.690. The third kappa shape index (κ3) is 3.28. The van der Waals surface area contributed by atoms with Gasteiger partial charge in [0.2, 0.25) is 0 Å². The summed E-state index contributed by atoms with van der Waals surface area (Å²) in [5, 5.41) is 13.3. The molecule has 1 aliphatic heterocycles. The lowest BCUT2D eigenvalue weighted by Crippen LogP contribution is -2.30. The Labute approximate surface area is 137 Å². The van der Waals surface area contributed by atoms with E-state index in [1.807, 2.05) is 30.3 Å². The molecule has 0 saturated carbocycles. The van der Waals surface area contributed by atoms with Crippen LogP contribution in [-0.4, -0.2) is 35.7 Å². The van der Waals surface area contributed by atoms with Gasteiger partial charge in [0.05, 0.1) is 4.47 Å². The lowest BCUT2D eigenvalue weighted by Gasteiger charge is -2.14. The second-order valence-electron chi connectivity index (χ2n) is 5.13. The van der Waals surface area contributed by atoms with Gasteiger partial charge < -0.3 is 10.6 Å². The van der Waals surface area contributed by atoms with E-state index >= 15 is 0 Å². The molecule has 2 aromatic rings. The second kappa shape index (κ2) is 6.89. The average molecular weight is 361 g/mol. The molecule has 0 spiro atoms. The van der Waals surface area contributed by atoms with Gasteiger partial charge in [-0.3, -0.25) is 9.89 Å². The second-order valence-corrected chi connectivity index (χ2v) is 5.92. The Morgan fingerprint density at radius 3 is 2.86 bits per heavy atom. The predicted molar refractivity (Wildman–Crippen MR) is 89.6 cm³/mol. The predicted octanol–water partition coefficient (Wildman–Crippen LogP) is 2.49. The summed E-state index contributed by atoms with van der Waals surface area (Å²) in [5.41, 5.74) is 3.41. The number of amides is 1. The van der Waals surface area contributed by atoms with Crippen molar-refractivity contribution in [2.24, 2.45) is 0 Å². The molecule has 0 atom stereocenters. The third-order valence-corrected chi connectivity index (χ3v) is 4.39. The Bertz CT molecular complexity index is 693. The minimum absolute atomic E-state index is 0.152. The number of nitrogens with zero attached hydrogens (tertiary/aromatic N) is 1. The maximum absolute atomic E-state index is 12.3. The lowest BCUT2D eigenvalue weighted by molar-refractivity contribution is 0.0951. The number of halogens is 1. The van der Waals surface area contributed by atoms with E-state index in [-0.39, 0.29) is 5.91 Å². The first-order valence-electron chi connectivity index (χ1n) is 7.22. The number of carbonyl (C=O) groups is 1. The van der Waals surface area contributed by atoms with Crippen molar-refractivity contribution in [2.45, 2.75) is 6.42 Å². The van der Waals surface area contributed by atoms with Crippen LogP contribution in [0.4, 0.5) is 0 Å². The minimum atomic E-state index is -0.152. The van der Waals surface area contributed by atoms with E-state index in [1.165, 1.54) is 5.57 Å². The summed E-state index contributed by atoms with van der Waals surface area (Å²) in [6, 6.07) is 9.76. The number of H-pyrrole nitrogens is 1. The first kappa shape index (κ1) is 15.0. The molecule has 0 aliphatic carbocycles. The van der Waals surface area contributed by atoms with Crippen molar-refractivity contribution in [2.75, 3.05) is 19.6 Å². The highest BCUT2D eigenvalue weighted by atomic mass is 79.9. The van der Waals surface area contributed by atoms with Crippen LogP contribution in [-0.2, 0) is 0 Å². The van der Waals surface area contributed by atoms with Crippen LogP contribution in [0.5, 0.6) is 0 Å². The molecule has 0 radical (unpaired) electrons. The van der Waals surface area contributed by atoms with E-state index in [0.29, 0.717) is 16.7 Å². The molecule has 6 heteroatoms. The van der Waals surface area contributed by atoms with E-state index in [2.05, 4.69) is 42.8 Å². The fraction of sp³-hybridized carbons (Fsp3) is 0.250. The summed E-state index contributed by atoms with van der Waals surface area (Å²) in [7, 11) is 0. The van der Waals surface area contributed by atoms with Gasteiger partial charge in [-0.1, -0.05) is 42.0 Å². The molecule has 1 aromatic heterocycles. The molecule has 5 nitrogen and oxygen atoms in total. The molecular weight excluding hydrogens is 344 g/mol. The summed E-state index contributed by atoms with van der Waals surface area (Å²) in [6.45, 7) is 2.41. The fourth-order valence-electron chi connectivity index (χ4n) is 2.38. The van der Waals surface area contributed by atoms with Crippen LogP contribution in [0, 0.1) is 0 Å². The monoisotopic (exact) mass is 360 g/mol. The number of aromatic amines is 1. The van der Waals surface area contributed by atoms with Crippen LogP contribution < -0.4 is 10.6 Å².